The van der Waals surface area contributed by atoms with Gasteiger partial charge in [0.1, 0.15) is 0 Å². The van der Waals surface area contributed by atoms with Crippen LogP contribution in [-0.4, -0.2) is 27.3 Å². The molecule has 0 N–H and O–H groups in total. The fraction of sp³-hybridized carbons (Fsp3) is 0. The molecule has 0 saturated carbocycles. The fourth-order valence-electron chi connectivity index (χ4n) is 0. The van der Waals surface area contributed by atoms with Gasteiger partial charge in [0.25, 0.3) is 11.0 Å². The minimum atomic E-state index is -2.73. The average molecular weight is 122 g/mol. The monoisotopic (exact) mass is 122 g/mol. The number of hydrogen-bond acceptors (Lipinski definition) is 4. The Kier molecular flexibility index (Phi) is 9.73. The van der Waals surface area contributed by atoms with Crippen molar-refractivity contribution in [2.75, 3.05) is 0 Å². The third kappa shape index (κ3) is 8.85. The molecule has 0 saturated heterocycles. The summed E-state index contributed by atoms with van der Waals surface area (Å²) >= 11 is 2.92. The minimum absolute atomic E-state index is 0. The van der Waals surface area contributed by atoms with Gasteiger partial charge in [-0.3, -0.25) is 0 Å². The second-order valence-corrected chi connectivity index (χ2v) is 1.41. The van der Waals surface area contributed by atoms with E-state index in [4.69, 9.17) is 8.42 Å². The van der Waals surface area contributed by atoms with Gasteiger partial charge in [-0.05, 0) is 12.9 Å². The second kappa shape index (κ2) is 5.86. The van der Waals surface area contributed by atoms with Crippen molar-refractivity contribution in [1.29, 1.82) is 0 Å². The zero-order valence-corrected chi connectivity index (χ0v) is 3.91. The van der Waals surface area contributed by atoms with E-state index in [1.54, 1.807) is 0 Å². The maximum atomic E-state index is 9.11. The first-order valence-corrected chi connectivity index (χ1v) is 2.19. The van der Waals surface area contributed by atoms with Crippen LogP contribution in [0, 0.1) is 0 Å². The summed E-state index contributed by atoms with van der Waals surface area (Å²) in [6.07, 6.45) is 0. The van der Waals surface area contributed by atoms with Crippen molar-refractivity contribution in [3.8, 4) is 0 Å². The standard InChI is InChI=1S/Li.H2O3S2.H/c;1-5(2)3-4;/h;4-5H;. The third-order valence-corrected chi connectivity index (χ3v) is 0.600. The zero-order chi connectivity index (χ0) is 4.28. The van der Waals surface area contributed by atoms with Crippen molar-refractivity contribution in [3.05, 3.63) is 0 Å². The summed E-state index contributed by atoms with van der Waals surface area (Å²) in [5, 5.41) is 0. The summed E-state index contributed by atoms with van der Waals surface area (Å²) < 4.78 is 21.6. The van der Waals surface area contributed by atoms with E-state index in [0.29, 0.717) is 0 Å². The Labute approximate surface area is 55.0 Å². The Morgan fingerprint density at radius 2 is 1.67 bits per heavy atom. The van der Waals surface area contributed by atoms with Gasteiger partial charge in [-0.15, -0.1) is 0 Å². The Balaban J connectivity index is 0. The van der Waals surface area contributed by atoms with Crippen LogP contribution in [0.1, 0.15) is 0 Å². The first-order valence-electron chi connectivity index (χ1n) is 0.730. The average Bonchev–Trinajstić information content (AvgIpc) is 1.38. The molecule has 0 bridgehead atoms. The van der Waals surface area contributed by atoms with Crippen LogP contribution in [0.25, 0.3) is 0 Å². The summed E-state index contributed by atoms with van der Waals surface area (Å²) in [6.45, 7) is 0. The zero-order valence-electron chi connectivity index (χ0n) is 2.12. The Bertz CT molecular complexity index is 66.9. The number of thiol groups is 2. The van der Waals surface area contributed by atoms with Crippen LogP contribution in [0.4, 0.5) is 0 Å². The van der Waals surface area contributed by atoms with Gasteiger partial charge in [-0.2, -0.15) is 0 Å². The predicted molar refractivity (Wildman–Crippen MR) is 27.5 cm³/mol. The Morgan fingerprint density at radius 3 is 1.67 bits per heavy atom. The van der Waals surface area contributed by atoms with Gasteiger partial charge in [-0.25, -0.2) is 12.0 Å². The molecule has 0 heterocycles. The molecule has 0 fully saturated rings. The normalized spacial score (nSPS) is 7.67. The SMILES string of the molecule is O=[SH](=O)OS.[LiH]. The molecule has 0 aromatic carbocycles. The van der Waals surface area contributed by atoms with Crippen LogP contribution in [0.3, 0.4) is 0 Å². The molecule has 0 spiro atoms. The van der Waals surface area contributed by atoms with Gasteiger partial charge in [0, 0.05) is 0 Å². The third-order valence-electron chi connectivity index (χ3n) is 0.0667. The van der Waals surface area contributed by atoms with E-state index in [9.17, 15) is 0 Å². The quantitative estimate of drug-likeness (QED) is 0.259. The van der Waals surface area contributed by atoms with Crippen LogP contribution >= 0.6 is 12.9 Å². The molecule has 0 aromatic heterocycles. The second-order valence-electron chi connectivity index (χ2n) is 0.305. The molecule has 0 aliphatic heterocycles. The summed E-state index contributed by atoms with van der Waals surface area (Å²) in [4.78, 5) is 0. The number of hydrogen-bond donors (Lipinski definition) is 2. The van der Waals surface area contributed by atoms with Crippen molar-refractivity contribution in [3.63, 3.8) is 0 Å². The molecular weight excluding hydrogens is 119 g/mol. The van der Waals surface area contributed by atoms with Gasteiger partial charge >= 0.3 is 18.9 Å². The van der Waals surface area contributed by atoms with Crippen molar-refractivity contribution >= 4 is 42.8 Å². The topological polar surface area (TPSA) is 43.4 Å². The molecule has 0 aliphatic carbocycles. The summed E-state index contributed by atoms with van der Waals surface area (Å²) in [7, 11) is -2.73. The van der Waals surface area contributed by atoms with E-state index < -0.39 is 11.0 Å². The summed E-state index contributed by atoms with van der Waals surface area (Å²) in [5.41, 5.74) is 0. The van der Waals surface area contributed by atoms with E-state index >= 15 is 0 Å². The van der Waals surface area contributed by atoms with Crippen molar-refractivity contribution in [2.45, 2.75) is 0 Å². The van der Waals surface area contributed by atoms with E-state index in [-0.39, 0.29) is 18.9 Å². The van der Waals surface area contributed by atoms with Gasteiger partial charge < -0.3 is 0 Å². The number of rotatable bonds is 1. The maximum absolute atomic E-state index is 9.11. The molecule has 0 aromatic rings. The molecule has 34 valence electrons. The van der Waals surface area contributed by atoms with E-state index in [2.05, 4.69) is 16.5 Å². The van der Waals surface area contributed by atoms with Gasteiger partial charge in [-0.1, -0.05) is 0 Å². The fourth-order valence-corrected chi connectivity index (χ4v) is 0. The van der Waals surface area contributed by atoms with Crippen molar-refractivity contribution in [2.24, 2.45) is 0 Å². The van der Waals surface area contributed by atoms with Crippen molar-refractivity contribution in [1.82, 2.24) is 0 Å². The summed E-state index contributed by atoms with van der Waals surface area (Å²) in [6, 6.07) is 0. The molecule has 6 heavy (non-hydrogen) atoms. The van der Waals surface area contributed by atoms with Crippen molar-refractivity contribution < 1.29 is 12.0 Å². The molecule has 0 rings (SSSR count). The summed E-state index contributed by atoms with van der Waals surface area (Å²) in [5.74, 6) is 0. The molecule has 0 aliphatic rings. The Hall–Kier alpha value is 0.857. The van der Waals surface area contributed by atoms with Crippen LogP contribution in [0.2, 0.25) is 0 Å². The molecule has 0 atom stereocenters. The van der Waals surface area contributed by atoms with Crippen LogP contribution in [0.15, 0.2) is 0 Å². The van der Waals surface area contributed by atoms with Crippen LogP contribution in [0.5, 0.6) is 0 Å². The van der Waals surface area contributed by atoms with Gasteiger partial charge in [0.05, 0.1) is 0 Å². The Morgan fingerprint density at radius 1 is 1.50 bits per heavy atom. The molecular formula is H3LiO3S2. The van der Waals surface area contributed by atoms with Crippen LogP contribution in [-0.2, 0) is 14.6 Å². The van der Waals surface area contributed by atoms with E-state index in [1.165, 1.54) is 0 Å². The predicted octanol–water partition coefficient (Wildman–Crippen LogP) is -1.27. The molecule has 6 heteroatoms. The molecule has 3 nitrogen and oxygen atoms in total. The first-order chi connectivity index (χ1) is 2.27. The first kappa shape index (κ1) is 9.97. The van der Waals surface area contributed by atoms with E-state index in [0.717, 1.165) is 0 Å². The van der Waals surface area contributed by atoms with Crippen LogP contribution < -0.4 is 0 Å². The van der Waals surface area contributed by atoms with Gasteiger partial charge in [0.2, 0.25) is 0 Å². The van der Waals surface area contributed by atoms with Gasteiger partial charge in [0.15, 0.2) is 0 Å². The molecule has 0 unspecified atom stereocenters. The molecule has 0 amide bonds. The molecule has 0 radical (unpaired) electrons. The van der Waals surface area contributed by atoms with E-state index in [1.807, 2.05) is 0 Å².